The molecule has 6 nitrogen and oxygen atoms in total. The van der Waals surface area contributed by atoms with Crippen LogP contribution in [0.15, 0.2) is 35.5 Å². The van der Waals surface area contributed by atoms with Gasteiger partial charge < -0.3 is 4.98 Å². The molecule has 4 rings (SSSR count). The number of nitrogens with zero attached hydrogens (tertiary/aromatic N) is 4. The zero-order chi connectivity index (χ0) is 17.6. The fraction of sp³-hybridized carbons (Fsp3) is 0.222. The van der Waals surface area contributed by atoms with Crippen LogP contribution in [0.1, 0.15) is 27.4 Å². The molecule has 1 N–H and O–H groups in total. The summed E-state index contributed by atoms with van der Waals surface area (Å²) in [4.78, 5) is 20.4. The van der Waals surface area contributed by atoms with Crippen molar-refractivity contribution in [3.05, 3.63) is 53.0 Å². The first-order chi connectivity index (χ1) is 12.0. The summed E-state index contributed by atoms with van der Waals surface area (Å²) in [6, 6.07) is 9.84. The van der Waals surface area contributed by atoms with Crippen molar-refractivity contribution in [2.75, 3.05) is 5.75 Å². The topological polar surface area (TPSA) is 75.9 Å². The maximum atomic E-state index is 12.8. The molecule has 0 radical (unpaired) electrons. The summed E-state index contributed by atoms with van der Waals surface area (Å²) in [5.74, 6) is 0.946. The number of aromatic nitrogens is 5. The average Bonchev–Trinajstić information content (AvgIpc) is 3.12. The lowest BCUT2D eigenvalue weighted by molar-refractivity contribution is 0.102. The highest BCUT2D eigenvalue weighted by Gasteiger charge is 2.18. The van der Waals surface area contributed by atoms with Gasteiger partial charge in [-0.05, 0) is 32.9 Å². The van der Waals surface area contributed by atoms with Crippen LogP contribution in [-0.4, -0.2) is 36.1 Å². The van der Waals surface area contributed by atoms with Crippen molar-refractivity contribution in [3.8, 4) is 0 Å². The zero-order valence-corrected chi connectivity index (χ0v) is 15.0. The molecule has 0 spiro atoms. The Morgan fingerprint density at radius 2 is 2.00 bits per heavy atom. The Kier molecular flexibility index (Phi) is 3.80. The van der Waals surface area contributed by atoms with Gasteiger partial charge in [0.25, 0.3) is 5.78 Å². The highest BCUT2D eigenvalue weighted by atomic mass is 32.2. The maximum absolute atomic E-state index is 12.8. The van der Waals surface area contributed by atoms with Gasteiger partial charge in [-0.3, -0.25) is 9.20 Å². The molecule has 7 heteroatoms. The lowest BCUT2D eigenvalue weighted by atomic mass is 10.1. The first kappa shape index (κ1) is 15.8. The molecule has 3 heterocycles. The van der Waals surface area contributed by atoms with E-state index in [1.165, 1.54) is 11.8 Å². The third-order valence-electron chi connectivity index (χ3n) is 4.17. The number of fused-ring (bicyclic) bond motifs is 2. The smallest absolute Gasteiger partial charge is 0.256 e. The normalized spacial score (nSPS) is 11.5. The van der Waals surface area contributed by atoms with Crippen LogP contribution < -0.4 is 0 Å². The van der Waals surface area contributed by atoms with Gasteiger partial charge in [0.05, 0.1) is 5.75 Å². The number of Topliss-reactive ketones (excluding diaryl/α,β-unsaturated/α-hetero) is 1. The van der Waals surface area contributed by atoms with E-state index < -0.39 is 0 Å². The molecule has 0 bridgehead atoms. The number of H-pyrrole nitrogens is 1. The summed E-state index contributed by atoms with van der Waals surface area (Å²) in [6.45, 7) is 5.85. The van der Waals surface area contributed by atoms with Crippen LogP contribution in [0.4, 0.5) is 0 Å². The van der Waals surface area contributed by atoms with Crippen molar-refractivity contribution < 1.29 is 4.79 Å². The van der Waals surface area contributed by atoms with Gasteiger partial charge in [-0.2, -0.15) is 0 Å². The second kappa shape index (κ2) is 6.00. The number of para-hydroxylation sites is 1. The van der Waals surface area contributed by atoms with Gasteiger partial charge in [-0.1, -0.05) is 30.0 Å². The molecule has 0 unspecified atom stereocenters. The number of aromatic amines is 1. The number of benzene rings is 1. The van der Waals surface area contributed by atoms with E-state index in [1.807, 2.05) is 55.5 Å². The minimum Gasteiger partial charge on any atom is -0.358 e. The molecule has 25 heavy (non-hydrogen) atoms. The maximum Gasteiger partial charge on any atom is 0.256 e. The summed E-state index contributed by atoms with van der Waals surface area (Å²) in [5, 5.41) is 9.95. The molecular formula is C18H17N5OS. The highest BCUT2D eigenvalue weighted by Crippen LogP contribution is 2.25. The number of carbonyl (C=O) groups excluding carboxylic acids is 1. The molecule has 126 valence electrons. The second-order valence-electron chi connectivity index (χ2n) is 6.04. The quantitative estimate of drug-likeness (QED) is 0.450. The monoisotopic (exact) mass is 351 g/mol. The van der Waals surface area contributed by atoms with Crippen molar-refractivity contribution in [2.45, 2.75) is 25.9 Å². The standard InChI is InChI=1S/C18H17N5OS/c1-10-8-11(2)23-17(19-10)21-22-18(23)25-9-15(24)16-12(3)20-14-7-5-4-6-13(14)16/h4-8,20H,9H2,1-3H3. The summed E-state index contributed by atoms with van der Waals surface area (Å²) < 4.78 is 1.88. The first-order valence-corrected chi connectivity index (χ1v) is 8.96. The van der Waals surface area contributed by atoms with Crippen molar-refractivity contribution in [1.82, 2.24) is 24.6 Å². The zero-order valence-electron chi connectivity index (χ0n) is 14.2. The number of rotatable bonds is 4. The summed E-state index contributed by atoms with van der Waals surface area (Å²) >= 11 is 1.39. The molecule has 0 saturated carbocycles. The number of thioether (sulfide) groups is 1. The van der Waals surface area contributed by atoms with Crippen molar-refractivity contribution in [3.63, 3.8) is 0 Å². The van der Waals surface area contributed by atoms with Crippen molar-refractivity contribution in [2.24, 2.45) is 0 Å². The highest BCUT2D eigenvalue weighted by molar-refractivity contribution is 7.99. The van der Waals surface area contributed by atoms with Crippen LogP contribution >= 0.6 is 11.8 Å². The molecule has 0 fully saturated rings. The predicted molar refractivity (Wildman–Crippen MR) is 98.3 cm³/mol. The molecule has 0 saturated heterocycles. The lowest BCUT2D eigenvalue weighted by Gasteiger charge is -2.04. The van der Waals surface area contributed by atoms with Crippen LogP contribution in [0.5, 0.6) is 0 Å². The minimum atomic E-state index is 0.0782. The number of aryl methyl sites for hydroxylation is 3. The fourth-order valence-electron chi connectivity index (χ4n) is 3.13. The molecule has 0 amide bonds. The molecule has 0 aliphatic carbocycles. The molecular weight excluding hydrogens is 334 g/mol. The molecule has 1 aromatic carbocycles. The van der Waals surface area contributed by atoms with Gasteiger partial charge in [0, 0.05) is 33.5 Å². The Labute approximate surface area is 148 Å². The molecule has 4 aromatic rings. The van der Waals surface area contributed by atoms with Crippen molar-refractivity contribution >= 4 is 34.2 Å². The molecule has 0 aliphatic heterocycles. The van der Waals surface area contributed by atoms with Gasteiger partial charge >= 0.3 is 0 Å². The van der Waals surface area contributed by atoms with Gasteiger partial charge in [0.1, 0.15) is 0 Å². The van der Waals surface area contributed by atoms with Gasteiger partial charge in [0.2, 0.25) is 0 Å². The van der Waals surface area contributed by atoms with Gasteiger partial charge in [-0.15, -0.1) is 10.2 Å². The predicted octanol–water partition coefficient (Wildman–Crippen LogP) is 3.51. The van der Waals surface area contributed by atoms with E-state index in [0.717, 1.165) is 33.5 Å². The number of ketones is 1. The summed E-state index contributed by atoms with van der Waals surface area (Å²) in [5.41, 5.74) is 4.54. The van der Waals surface area contributed by atoms with Crippen LogP contribution in [0, 0.1) is 20.8 Å². The van der Waals surface area contributed by atoms with Crippen LogP contribution in [-0.2, 0) is 0 Å². The van der Waals surface area contributed by atoms with Gasteiger partial charge in [0.15, 0.2) is 10.9 Å². The third-order valence-corrected chi connectivity index (χ3v) is 5.10. The molecule has 0 atom stereocenters. The molecule has 3 aromatic heterocycles. The number of nitrogens with one attached hydrogen (secondary N) is 1. The summed E-state index contributed by atoms with van der Waals surface area (Å²) in [6.07, 6.45) is 0. The first-order valence-electron chi connectivity index (χ1n) is 7.97. The van der Waals surface area contributed by atoms with E-state index in [2.05, 4.69) is 20.2 Å². The Hall–Kier alpha value is -2.67. The Morgan fingerprint density at radius 3 is 2.84 bits per heavy atom. The SMILES string of the molecule is Cc1cc(C)n2c(SCC(=O)c3c(C)[nH]c4ccccc34)nnc2n1. The Bertz CT molecular complexity index is 1110. The minimum absolute atomic E-state index is 0.0782. The fourth-order valence-corrected chi connectivity index (χ4v) is 3.99. The molecule has 0 aliphatic rings. The van der Waals surface area contributed by atoms with Crippen molar-refractivity contribution in [1.29, 1.82) is 0 Å². The summed E-state index contributed by atoms with van der Waals surface area (Å²) in [7, 11) is 0. The Morgan fingerprint density at radius 1 is 1.20 bits per heavy atom. The van der Waals surface area contributed by atoms with E-state index in [1.54, 1.807) is 0 Å². The number of hydrogen-bond acceptors (Lipinski definition) is 5. The number of carbonyl (C=O) groups is 1. The number of hydrogen-bond donors (Lipinski definition) is 1. The van der Waals surface area contributed by atoms with Gasteiger partial charge in [-0.25, -0.2) is 4.98 Å². The van der Waals surface area contributed by atoms with E-state index in [4.69, 9.17) is 0 Å². The third kappa shape index (κ3) is 2.70. The average molecular weight is 351 g/mol. The van der Waals surface area contributed by atoms with E-state index in [9.17, 15) is 4.79 Å². The van der Waals surface area contributed by atoms with E-state index in [-0.39, 0.29) is 5.78 Å². The van der Waals surface area contributed by atoms with Crippen LogP contribution in [0.2, 0.25) is 0 Å². The van der Waals surface area contributed by atoms with E-state index in [0.29, 0.717) is 16.7 Å². The van der Waals surface area contributed by atoms with Crippen LogP contribution in [0.3, 0.4) is 0 Å². The van der Waals surface area contributed by atoms with Crippen LogP contribution in [0.25, 0.3) is 16.7 Å². The lowest BCUT2D eigenvalue weighted by Crippen LogP contribution is -2.05. The largest absolute Gasteiger partial charge is 0.358 e. The second-order valence-corrected chi connectivity index (χ2v) is 6.98. The Balaban J connectivity index is 1.63. The van der Waals surface area contributed by atoms with E-state index >= 15 is 0 Å².